The zero-order chi connectivity index (χ0) is 12.0. The van der Waals surface area contributed by atoms with Crippen LogP contribution < -0.4 is 11.1 Å². The summed E-state index contributed by atoms with van der Waals surface area (Å²) in [4.78, 5) is 11.6. The fourth-order valence-corrected chi connectivity index (χ4v) is 2.44. The summed E-state index contributed by atoms with van der Waals surface area (Å²) in [6.45, 7) is 4.08. The molecule has 0 spiro atoms. The Balaban J connectivity index is 2.21. The second kappa shape index (κ2) is 6.89. The second-order valence-corrected chi connectivity index (χ2v) is 5.27. The molecule has 1 saturated carbocycles. The highest BCUT2D eigenvalue weighted by molar-refractivity contribution is 5.76. The van der Waals surface area contributed by atoms with Gasteiger partial charge in [0.2, 0.25) is 5.91 Å². The summed E-state index contributed by atoms with van der Waals surface area (Å²) in [6.07, 6.45) is 7.90. The quantitative estimate of drug-likeness (QED) is 0.755. The van der Waals surface area contributed by atoms with Crippen molar-refractivity contribution in [2.24, 2.45) is 11.7 Å². The molecule has 0 aromatic heterocycles. The van der Waals surface area contributed by atoms with Crippen molar-refractivity contribution in [2.45, 2.75) is 70.9 Å². The van der Waals surface area contributed by atoms with E-state index in [2.05, 4.69) is 12.2 Å². The number of amides is 1. The van der Waals surface area contributed by atoms with Crippen molar-refractivity contribution in [3.05, 3.63) is 0 Å². The predicted octanol–water partition coefficient (Wildman–Crippen LogP) is 2.20. The van der Waals surface area contributed by atoms with E-state index in [0.717, 1.165) is 6.42 Å². The molecule has 1 amide bonds. The number of nitrogens with two attached hydrogens (primary N) is 1. The maximum atomic E-state index is 11.6. The van der Waals surface area contributed by atoms with Crippen LogP contribution in [-0.4, -0.2) is 18.0 Å². The van der Waals surface area contributed by atoms with Gasteiger partial charge in [0.25, 0.3) is 0 Å². The van der Waals surface area contributed by atoms with Crippen LogP contribution in [0.5, 0.6) is 0 Å². The number of nitrogens with one attached hydrogen (secondary N) is 1. The first kappa shape index (κ1) is 13.5. The fraction of sp³-hybridized carbons (Fsp3) is 0.923. The molecule has 0 saturated heterocycles. The Morgan fingerprint density at radius 1 is 1.31 bits per heavy atom. The van der Waals surface area contributed by atoms with Gasteiger partial charge in [0.05, 0.1) is 0 Å². The minimum absolute atomic E-state index is 0.121. The Hall–Kier alpha value is -0.570. The summed E-state index contributed by atoms with van der Waals surface area (Å²) in [5.74, 6) is 0.850. The summed E-state index contributed by atoms with van der Waals surface area (Å²) in [7, 11) is 0. The predicted molar refractivity (Wildman–Crippen MR) is 67.1 cm³/mol. The van der Waals surface area contributed by atoms with Crippen LogP contribution in [-0.2, 0) is 4.79 Å². The molecule has 16 heavy (non-hydrogen) atoms. The van der Waals surface area contributed by atoms with Gasteiger partial charge in [0.15, 0.2) is 0 Å². The van der Waals surface area contributed by atoms with E-state index in [-0.39, 0.29) is 11.9 Å². The molecule has 0 bridgehead atoms. The van der Waals surface area contributed by atoms with Crippen LogP contribution >= 0.6 is 0 Å². The van der Waals surface area contributed by atoms with Crippen LogP contribution in [0.25, 0.3) is 0 Å². The Morgan fingerprint density at radius 3 is 2.50 bits per heavy atom. The number of rotatable bonds is 5. The van der Waals surface area contributed by atoms with Crippen molar-refractivity contribution in [3.8, 4) is 0 Å². The molecule has 2 atom stereocenters. The summed E-state index contributed by atoms with van der Waals surface area (Å²) in [5.41, 5.74) is 5.63. The molecule has 94 valence electrons. The average Bonchev–Trinajstić information content (AvgIpc) is 2.27. The highest BCUT2D eigenvalue weighted by Crippen LogP contribution is 2.26. The van der Waals surface area contributed by atoms with Crippen molar-refractivity contribution in [2.75, 3.05) is 0 Å². The standard InChI is InChI=1S/C13H26N2O/c1-10(14)8-9-13(16)15-11(2)12-6-4-3-5-7-12/h10-12H,3-9,14H2,1-2H3,(H,15,16)/t10?,11-/m1/s1. The third-order valence-corrected chi connectivity index (χ3v) is 3.57. The van der Waals surface area contributed by atoms with Crippen molar-refractivity contribution < 1.29 is 4.79 Å². The lowest BCUT2D eigenvalue weighted by Crippen LogP contribution is -2.39. The molecule has 1 aliphatic rings. The van der Waals surface area contributed by atoms with E-state index in [1.165, 1.54) is 32.1 Å². The molecule has 3 nitrogen and oxygen atoms in total. The first-order valence-electron chi connectivity index (χ1n) is 6.64. The zero-order valence-electron chi connectivity index (χ0n) is 10.7. The number of hydrogen-bond acceptors (Lipinski definition) is 2. The number of hydrogen-bond donors (Lipinski definition) is 2. The molecule has 1 unspecified atom stereocenters. The summed E-state index contributed by atoms with van der Waals surface area (Å²) < 4.78 is 0. The molecule has 1 rings (SSSR count). The molecule has 0 aromatic carbocycles. The third kappa shape index (κ3) is 4.97. The van der Waals surface area contributed by atoms with Crippen molar-refractivity contribution in [3.63, 3.8) is 0 Å². The summed E-state index contributed by atoms with van der Waals surface area (Å²) in [5, 5.41) is 3.11. The lowest BCUT2D eigenvalue weighted by atomic mass is 9.84. The van der Waals surface area contributed by atoms with E-state index >= 15 is 0 Å². The molecule has 1 aliphatic carbocycles. The van der Waals surface area contributed by atoms with Gasteiger partial charge in [-0.25, -0.2) is 0 Å². The smallest absolute Gasteiger partial charge is 0.220 e. The van der Waals surface area contributed by atoms with Gasteiger partial charge in [-0.2, -0.15) is 0 Å². The minimum Gasteiger partial charge on any atom is -0.353 e. The van der Waals surface area contributed by atoms with Gasteiger partial charge in [-0.3, -0.25) is 4.79 Å². The number of carbonyl (C=O) groups excluding carboxylic acids is 1. The summed E-state index contributed by atoms with van der Waals surface area (Å²) >= 11 is 0. The highest BCUT2D eigenvalue weighted by Gasteiger charge is 2.21. The summed E-state index contributed by atoms with van der Waals surface area (Å²) in [6, 6.07) is 0.455. The van der Waals surface area contributed by atoms with Crippen LogP contribution in [0.1, 0.15) is 58.8 Å². The topological polar surface area (TPSA) is 55.1 Å². The number of carbonyl (C=O) groups is 1. The zero-order valence-corrected chi connectivity index (χ0v) is 10.7. The molecule has 0 heterocycles. The average molecular weight is 226 g/mol. The van der Waals surface area contributed by atoms with E-state index in [9.17, 15) is 4.79 Å². The van der Waals surface area contributed by atoms with Crippen LogP contribution in [0.2, 0.25) is 0 Å². The maximum Gasteiger partial charge on any atom is 0.220 e. The Kier molecular flexibility index (Phi) is 5.81. The van der Waals surface area contributed by atoms with Gasteiger partial charge >= 0.3 is 0 Å². The maximum absolute atomic E-state index is 11.6. The van der Waals surface area contributed by atoms with Crippen LogP contribution in [0.3, 0.4) is 0 Å². The van der Waals surface area contributed by atoms with E-state index in [1.807, 2.05) is 6.92 Å². The highest BCUT2D eigenvalue weighted by atomic mass is 16.1. The lowest BCUT2D eigenvalue weighted by Gasteiger charge is -2.28. The Bertz CT molecular complexity index is 210. The Labute approximate surface area is 99.2 Å². The Morgan fingerprint density at radius 2 is 1.94 bits per heavy atom. The van der Waals surface area contributed by atoms with Crippen molar-refractivity contribution in [1.82, 2.24) is 5.32 Å². The van der Waals surface area contributed by atoms with Gasteiger partial charge in [0.1, 0.15) is 0 Å². The molecule has 3 heteroatoms. The van der Waals surface area contributed by atoms with Crippen LogP contribution in [0.15, 0.2) is 0 Å². The molecule has 0 aliphatic heterocycles. The monoisotopic (exact) mass is 226 g/mol. The molecule has 0 radical (unpaired) electrons. The first-order valence-corrected chi connectivity index (χ1v) is 6.64. The normalized spacial score (nSPS) is 21.4. The van der Waals surface area contributed by atoms with Gasteiger partial charge in [-0.1, -0.05) is 19.3 Å². The SMILES string of the molecule is CC(N)CCC(=O)N[C@H](C)C1CCCCC1. The molecular formula is C13H26N2O. The fourth-order valence-electron chi connectivity index (χ4n) is 2.44. The first-order chi connectivity index (χ1) is 7.59. The van der Waals surface area contributed by atoms with Gasteiger partial charge in [-0.05, 0) is 39.0 Å². The van der Waals surface area contributed by atoms with E-state index < -0.39 is 0 Å². The van der Waals surface area contributed by atoms with Crippen LogP contribution in [0, 0.1) is 5.92 Å². The van der Waals surface area contributed by atoms with Gasteiger partial charge in [-0.15, -0.1) is 0 Å². The molecule has 3 N–H and O–H groups in total. The van der Waals surface area contributed by atoms with E-state index in [1.54, 1.807) is 0 Å². The van der Waals surface area contributed by atoms with E-state index in [0.29, 0.717) is 18.4 Å². The third-order valence-electron chi connectivity index (χ3n) is 3.57. The molecule has 0 aromatic rings. The second-order valence-electron chi connectivity index (χ2n) is 5.27. The van der Waals surface area contributed by atoms with Gasteiger partial charge < -0.3 is 11.1 Å². The largest absolute Gasteiger partial charge is 0.353 e. The lowest BCUT2D eigenvalue weighted by molar-refractivity contribution is -0.122. The molecular weight excluding hydrogens is 200 g/mol. The van der Waals surface area contributed by atoms with E-state index in [4.69, 9.17) is 5.73 Å². The molecule has 1 fully saturated rings. The van der Waals surface area contributed by atoms with Gasteiger partial charge in [0, 0.05) is 18.5 Å². The van der Waals surface area contributed by atoms with Crippen LogP contribution in [0.4, 0.5) is 0 Å². The minimum atomic E-state index is 0.121. The van der Waals surface area contributed by atoms with Crippen molar-refractivity contribution in [1.29, 1.82) is 0 Å². The van der Waals surface area contributed by atoms with Crippen molar-refractivity contribution >= 4 is 5.91 Å².